The van der Waals surface area contributed by atoms with Gasteiger partial charge in [-0.3, -0.25) is 9.59 Å². The molecular weight excluding hydrogens is 434 g/mol. The van der Waals surface area contributed by atoms with Crippen molar-refractivity contribution in [1.29, 1.82) is 5.26 Å². The number of benzene rings is 2. The fourth-order valence-corrected chi connectivity index (χ4v) is 4.66. The maximum Gasteiger partial charge on any atom is 0.254 e. The lowest BCUT2D eigenvalue weighted by Gasteiger charge is -2.29. The van der Waals surface area contributed by atoms with Crippen LogP contribution in [0.25, 0.3) is 0 Å². The molecule has 178 valence electrons. The molecule has 1 unspecified atom stereocenters. The molecule has 2 amide bonds. The van der Waals surface area contributed by atoms with E-state index in [1.54, 1.807) is 21.9 Å². The highest BCUT2D eigenvalue weighted by Gasteiger charge is 2.40. The van der Waals surface area contributed by atoms with E-state index in [4.69, 9.17) is 14.2 Å². The van der Waals surface area contributed by atoms with Crippen molar-refractivity contribution in [2.75, 3.05) is 27.3 Å². The zero-order valence-electron chi connectivity index (χ0n) is 19.5. The lowest BCUT2D eigenvalue weighted by atomic mass is 10.1. The number of rotatable bonds is 7. The lowest BCUT2D eigenvalue weighted by Crippen LogP contribution is -2.49. The Hall–Kier alpha value is -3.73. The molecule has 2 aromatic rings. The quantitative estimate of drug-likeness (QED) is 0.625. The van der Waals surface area contributed by atoms with E-state index in [-0.39, 0.29) is 11.8 Å². The minimum absolute atomic E-state index is 0.142. The Morgan fingerprint density at radius 1 is 1.00 bits per heavy atom. The van der Waals surface area contributed by atoms with Crippen LogP contribution in [0.15, 0.2) is 42.5 Å². The monoisotopic (exact) mass is 463 g/mol. The highest BCUT2D eigenvalue weighted by molar-refractivity contribution is 5.99. The van der Waals surface area contributed by atoms with E-state index >= 15 is 0 Å². The standard InChI is InChI=1S/C26H29N3O5/c1-32-22-14-19(15-23(33-2)24(22)34-17-18-8-4-3-5-9-18)25(30)29-13-7-11-21(29)26(31)28-12-6-10-20(28)16-27/h3-5,8-9,14-15,20-21H,6-7,10-13,17H2,1-2H3/t20?,21-/m0/s1. The summed E-state index contributed by atoms with van der Waals surface area (Å²) in [6.07, 6.45) is 2.82. The molecule has 0 radical (unpaired) electrons. The van der Waals surface area contributed by atoms with Gasteiger partial charge in [0.25, 0.3) is 5.91 Å². The van der Waals surface area contributed by atoms with Crippen molar-refractivity contribution in [1.82, 2.24) is 9.80 Å². The molecule has 2 atom stereocenters. The predicted molar refractivity (Wildman–Crippen MR) is 125 cm³/mol. The summed E-state index contributed by atoms with van der Waals surface area (Å²) >= 11 is 0. The van der Waals surface area contributed by atoms with Crippen LogP contribution in [0.5, 0.6) is 17.2 Å². The number of methoxy groups -OCH3 is 2. The molecule has 0 aromatic heterocycles. The molecule has 2 aliphatic heterocycles. The molecule has 2 aromatic carbocycles. The Balaban J connectivity index is 1.56. The van der Waals surface area contributed by atoms with Gasteiger partial charge >= 0.3 is 0 Å². The SMILES string of the molecule is COc1cc(C(=O)N2CCC[C@H]2C(=O)N2CCCC2C#N)cc(OC)c1OCc1ccccc1. The van der Waals surface area contributed by atoms with Gasteiger partial charge in [-0.2, -0.15) is 5.26 Å². The molecule has 0 saturated carbocycles. The van der Waals surface area contributed by atoms with Gasteiger partial charge in [0.15, 0.2) is 11.5 Å². The number of amides is 2. The Bertz CT molecular complexity index is 1060. The summed E-state index contributed by atoms with van der Waals surface area (Å²) in [6, 6.07) is 14.2. The Labute approximate surface area is 199 Å². The van der Waals surface area contributed by atoms with Gasteiger partial charge in [-0.05, 0) is 43.4 Å². The number of hydrogen-bond acceptors (Lipinski definition) is 6. The highest BCUT2D eigenvalue weighted by atomic mass is 16.5. The van der Waals surface area contributed by atoms with Crippen LogP contribution in [0.1, 0.15) is 41.6 Å². The van der Waals surface area contributed by atoms with Crippen molar-refractivity contribution in [3.8, 4) is 23.3 Å². The second kappa shape index (κ2) is 10.5. The summed E-state index contributed by atoms with van der Waals surface area (Å²) in [4.78, 5) is 29.9. The summed E-state index contributed by atoms with van der Waals surface area (Å²) in [6.45, 7) is 1.36. The van der Waals surface area contributed by atoms with Gasteiger partial charge in [0, 0.05) is 18.7 Å². The van der Waals surface area contributed by atoms with Crippen LogP contribution < -0.4 is 14.2 Å². The minimum Gasteiger partial charge on any atom is -0.493 e. The number of nitrogens with zero attached hydrogens (tertiary/aromatic N) is 3. The summed E-state index contributed by atoms with van der Waals surface area (Å²) in [5.74, 6) is 0.759. The highest BCUT2D eigenvalue weighted by Crippen LogP contribution is 2.40. The van der Waals surface area contributed by atoms with Gasteiger partial charge < -0.3 is 24.0 Å². The molecule has 0 bridgehead atoms. The first-order chi connectivity index (χ1) is 16.6. The van der Waals surface area contributed by atoms with E-state index in [2.05, 4.69) is 6.07 Å². The first-order valence-corrected chi connectivity index (χ1v) is 11.5. The van der Waals surface area contributed by atoms with Gasteiger partial charge in [0.05, 0.1) is 20.3 Å². The molecule has 2 saturated heterocycles. The topological polar surface area (TPSA) is 92.1 Å². The van der Waals surface area contributed by atoms with E-state index < -0.39 is 12.1 Å². The molecule has 2 heterocycles. The van der Waals surface area contributed by atoms with Gasteiger partial charge in [0.1, 0.15) is 18.7 Å². The molecule has 2 aliphatic rings. The largest absolute Gasteiger partial charge is 0.493 e. The van der Waals surface area contributed by atoms with Crippen molar-refractivity contribution in [2.24, 2.45) is 0 Å². The zero-order valence-corrected chi connectivity index (χ0v) is 19.5. The predicted octanol–water partition coefficient (Wildman–Crippen LogP) is 3.40. The first kappa shape index (κ1) is 23.4. The van der Waals surface area contributed by atoms with E-state index in [9.17, 15) is 14.9 Å². The fraction of sp³-hybridized carbons (Fsp3) is 0.423. The molecule has 2 fully saturated rings. The van der Waals surface area contributed by atoms with E-state index in [0.717, 1.165) is 18.4 Å². The van der Waals surface area contributed by atoms with Crippen molar-refractivity contribution in [3.05, 3.63) is 53.6 Å². The molecular formula is C26H29N3O5. The van der Waals surface area contributed by atoms with Gasteiger partial charge in [-0.1, -0.05) is 30.3 Å². The van der Waals surface area contributed by atoms with Crippen LogP contribution in [0, 0.1) is 11.3 Å². The number of carbonyl (C=O) groups excluding carboxylic acids is 2. The van der Waals surface area contributed by atoms with Gasteiger partial charge in [-0.25, -0.2) is 0 Å². The number of carbonyl (C=O) groups is 2. The van der Waals surface area contributed by atoms with E-state index in [0.29, 0.717) is 55.4 Å². The van der Waals surface area contributed by atoms with Crippen molar-refractivity contribution in [3.63, 3.8) is 0 Å². The van der Waals surface area contributed by atoms with Crippen LogP contribution in [0.2, 0.25) is 0 Å². The summed E-state index contributed by atoms with van der Waals surface area (Å²) in [5, 5.41) is 9.37. The van der Waals surface area contributed by atoms with Crippen LogP contribution in [0.3, 0.4) is 0 Å². The molecule has 8 heteroatoms. The molecule has 0 N–H and O–H groups in total. The summed E-state index contributed by atoms with van der Waals surface area (Å²) < 4.78 is 17.0. The zero-order chi connectivity index (χ0) is 24.1. The first-order valence-electron chi connectivity index (χ1n) is 11.5. The molecule has 8 nitrogen and oxygen atoms in total. The second-order valence-electron chi connectivity index (χ2n) is 8.46. The Morgan fingerprint density at radius 2 is 1.65 bits per heavy atom. The molecule has 0 spiro atoms. The third-order valence-corrected chi connectivity index (χ3v) is 6.42. The maximum atomic E-state index is 13.5. The Morgan fingerprint density at radius 3 is 2.29 bits per heavy atom. The van der Waals surface area contributed by atoms with Gasteiger partial charge in [-0.15, -0.1) is 0 Å². The average molecular weight is 464 g/mol. The Kier molecular flexibility index (Phi) is 7.21. The lowest BCUT2D eigenvalue weighted by molar-refractivity contribution is -0.135. The van der Waals surface area contributed by atoms with Crippen molar-refractivity contribution < 1.29 is 23.8 Å². The third kappa shape index (κ3) is 4.65. The minimum atomic E-state index is -0.563. The molecule has 0 aliphatic carbocycles. The smallest absolute Gasteiger partial charge is 0.254 e. The van der Waals surface area contributed by atoms with Crippen LogP contribution >= 0.6 is 0 Å². The maximum absolute atomic E-state index is 13.5. The molecule has 4 rings (SSSR count). The van der Waals surface area contributed by atoms with Crippen LogP contribution in [0.4, 0.5) is 0 Å². The van der Waals surface area contributed by atoms with Crippen molar-refractivity contribution >= 4 is 11.8 Å². The number of likely N-dealkylation sites (tertiary alicyclic amines) is 2. The van der Waals surface area contributed by atoms with Crippen LogP contribution in [-0.2, 0) is 11.4 Å². The fourth-order valence-electron chi connectivity index (χ4n) is 4.66. The summed E-state index contributed by atoms with van der Waals surface area (Å²) in [5.41, 5.74) is 1.35. The summed E-state index contributed by atoms with van der Waals surface area (Å²) in [7, 11) is 3.02. The normalized spacial score (nSPS) is 19.6. The van der Waals surface area contributed by atoms with E-state index in [1.165, 1.54) is 14.2 Å². The number of ether oxygens (including phenoxy) is 3. The second-order valence-corrected chi connectivity index (χ2v) is 8.46. The number of hydrogen-bond donors (Lipinski definition) is 0. The third-order valence-electron chi connectivity index (χ3n) is 6.42. The number of nitriles is 1. The van der Waals surface area contributed by atoms with Crippen LogP contribution in [-0.4, -0.2) is 61.0 Å². The van der Waals surface area contributed by atoms with E-state index in [1.807, 2.05) is 30.3 Å². The van der Waals surface area contributed by atoms with Gasteiger partial charge in [0.2, 0.25) is 11.7 Å². The van der Waals surface area contributed by atoms with Crippen molar-refractivity contribution in [2.45, 2.75) is 44.4 Å². The molecule has 34 heavy (non-hydrogen) atoms. The average Bonchev–Trinajstić information content (AvgIpc) is 3.56.